The van der Waals surface area contributed by atoms with Crippen LogP contribution in [0.1, 0.15) is 38.2 Å². The highest BCUT2D eigenvalue weighted by Crippen LogP contribution is 2.49. The number of methoxy groups -OCH3 is 1. The molecule has 2 aromatic carbocycles. The van der Waals surface area contributed by atoms with Crippen molar-refractivity contribution < 1.29 is 20.1 Å². The highest BCUT2D eigenvalue weighted by Gasteiger charge is 2.44. The van der Waals surface area contributed by atoms with E-state index in [1.54, 1.807) is 30.5 Å². The summed E-state index contributed by atoms with van der Waals surface area (Å²) in [6, 6.07) is 14.3. The van der Waals surface area contributed by atoms with Crippen LogP contribution in [0.3, 0.4) is 0 Å². The number of nitrogens with zero attached hydrogens (tertiary/aromatic N) is 3. The number of hydrogen-bond donors (Lipinski definition) is 0. The lowest BCUT2D eigenvalue weighted by molar-refractivity contribution is -0.134. The number of ether oxygens (including phenoxy) is 1. The van der Waals surface area contributed by atoms with E-state index in [1.165, 1.54) is 30.3 Å². The van der Waals surface area contributed by atoms with Crippen molar-refractivity contribution in [2.24, 2.45) is 17.8 Å². The molecule has 1 amide bonds. The average Bonchev–Trinajstić information content (AvgIpc) is 3.60. The Hall–Kier alpha value is -4.00. The maximum atomic E-state index is 15.6. The van der Waals surface area contributed by atoms with Gasteiger partial charge >= 0.3 is 5.97 Å². The Balaban J connectivity index is 1.48. The molecule has 1 aromatic heterocycles. The van der Waals surface area contributed by atoms with Crippen LogP contribution in [0.2, 0.25) is 0 Å². The van der Waals surface area contributed by atoms with Crippen molar-refractivity contribution in [3.05, 3.63) is 83.9 Å². The third-order valence-corrected chi connectivity index (χ3v) is 7.91. The molecule has 2 aliphatic rings. The lowest BCUT2D eigenvalue weighted by Gasteiger charge is -2.30. The quantitative estimate of drug-likeness (QED) is 0.261. The number of pyridine rings is 1. The van der Waals surface area contributed by atoms with Crippen LogP contribution in [0.4, 0.5) is 15.8 Å². The summed E-state index contributed by atoms with van der Waals surface area (Å²) in [6.07, 6.45) is 9.85. The molecule has 2 aliphatic carbocycles. The van der Waals surface area contributed by atoms with E-state index >= 15 is 4.39 Å². The van der Waals surface area contributed by atoms with Crippen LogP contribution in [0.5, 0.6) is 0 Å². The van der Waals surface area contributed by atoms with Gasteiger partial charge in [-0.25, -0.2) is 9.18 Å². The minimum atomic E-state index is -1.31. The van der Waals surface area contributed by atoms with Crippen molar-refractivity contribution in [1.82, 2.24) is 4.98 Å². The summed E-state index contributed by atoms with van der Waals surface area (Å²) in [5.74, 6) is -0.608. The maximum absolute atomic E-state index is 15.6. The summed E-state index contributed by atoms with van der Waals surface area (Å²) in [7, 11) is 5.21. The number of hydrogen-bond acceptors (Lipinski definition) is 5. The van der Waals surface area contributed by atoms with Crippen LogP contribution in [0, 0.1) is 23.6 Å². The zero-order valence-electron chi connectivity index (χ0n) is 23.5. The van der Waals surface area contributed by atoms with Gasteiger partial charge in [0.25, 0.3) is 0 Å². The van der Waals surface area contributed by atoms with Crippen molar-refractivity contribution in [3.63, 3.8) is 0 Å². The van der Waals surface area contributed by atoms with Crippen molar-refractivity contribution in [3.8, 4) is 11.1 Å². The van der Waals surface area contributed by atoms with E-state index in [2.05, 4.69) is 9.72 Å². The second kappa shape index (κ2) is 11.4. The first-order valence-electron chi connectivity index (χ1n) is 13.9. The predicted molar refractivity (Wildman–Crippen MR) is 152 cm³/mol. The summed E-state index contributed by atoms with van der Waals surface area (Å²) in [5, 5.41) is 0. The van der Waals surface area contributed by atoms with Crippen LogP contribution in [0.15, 0.2) is 67.0 Å². The summed E-state index contributed by atoms with van der Waals surface area (Å²) in [4.78, 5) is 33.2. The summed E-state index contributed by atoms with van der Waals surface area (Å²) < 4.78 is 29.4. The summed E-state index contributed by atoms with van der Waals surface area (Å²) in [6.45, 7) is -1.31. The lowest BCUT2D eigenvalue weighted by atomic mass is 9.87. The SMILES string of the molecule is [2H]C(c1ccc(-c2ccc(N(C)C)cc2)cc1F)N(C(=O)[C@@H]1C[C@@H]2CC[C@H]1C2)c1cncc(/C=C/C(=O)OC)c1. The van der Waals surface area contributed by atoms with E-state index in [9.17, 15) is 9.59 Å². The third kappa shape index (κ3) is 5.87. The van der Waals surface area contributed by atoms with E-state index < -0.39 is 18.3 Å². The topological polar surface area (TPSA) is 62.7 Å². The molecule has 0 spiro atoms. The molecule has 2 fully saturated rings. The lowest BCUT2D eigenvalue weighted by Crippen LogP contribution is -2.38. The molecular formula is C32H34FN3O3. The van der Waals surface area contributed by atoms with E-state index in [-0.39, 0.29) is 17.4 Å². The van der Waals surface area contributed by atoms with Crippen LogP contribution in [-0.4, -0.2) is 38.1 Å². The van der Waals surface area contributed by atoms with Crippen LogP contribution in [0.25, 0.3) is 17.2 Å². The third-order valence-electron chi connectivity index (χ3n) is 7.91. The molecule has 7 heteroatoms. The number of esters is 1. The molecule has 1 heterocycles. The average molecular weight is 529 g/mol. The minimum absolute atomic E-state index is 0.112. The second-order valence-electron chi connectivity index (χ2n) is 10.6. The highest BCUT2D eigenvalue weighted by molar-refractivity contribution is 5.96. The van der Waals surface area contributed by atoms with Gasteiger partial charge in [0.1, 0.15) is 5.82 Å². The Labute approximate surface area is 230 Å². The molecular weight excluding hydrogens is 493 g/mol. The van der Waals surface area contributed by atoms with Gasteiger partial charge in [-0.05, 0) is 78.1 Å². The Morgan fingerprint density at radius 3 is 2.46 bits per heavy atom. The molecule has 202 valence electrons. The Kier molecular flexibility index (Phi) is 7.39. The Morgan fingerprint density at radius 2 is 1.82 bits per heavy atom. The minimum Gasteiger partial charge on any atom is -0.466 e. The molecule has 6 nitrogen and oxygen atoms in total. The fourth-order valence-electron chi connectivity index (χ4n) is 5.79. The van der Waals surface area contributed by atoms with Crippen LogP contribution >= 0.6 is 0 Å². The van der Waals surface area contributed by atoms with E-state index in [1.807, 2.05) is 43.3 Å². The van der Waals surface area contributed by atoms with Crippen LogP contribution < -0.4 is 9.80 Å². The number of fused-ring (bicyclic) bond motifs is 2. The molecule has 5 rings (SSSR count). The highest BCUT2D eigenvalue weighted by atomic mass is 19.1. The first-order valence-corrected chi connectivity index (χ1v) is 13.3. The van der Waals surface area contributed by atoms with Gasteiger partial charge in [0.2, 0.25) is 5.91 Å². The van der Waals surface area contributed by atoms with Gasteiger partial charge in [0.05, 0.1) is 26.9 Å². The summed E-state index contributed by atoms with van der Waals surface area (Å²) >= 11 is 0. The van der Waals surface area contributed by atoms with Gasteiger partial charge in [-0.15, -0.1) is 0 Å². The van der Waals surface area contributed by atoms with E-state index in [0.29, 0.717) is 28.7 Å². The van der Waals surface area contributed by atoms with Gasteiger partial charge in [-0.1, -0.05) is 30.7 Å². The van der Waals surface area contributed by atoms with Crippen molar-refractivity contribution in [2.75, 3.05) is 31.0 Å². The Morgan fingerprint density at radius 1 is 1.05 bits per heavy atom. The van der Waals surface area contributed by atoms with Gasteiger partial charge in [-0.2, -0.15) is 0 Å². The molecule has 39 heavy (non-hydrogen) atoms. The smallest absolute Gasteiger partial charge is 0.330 e. The van der Waals surface area contributed by atoms with Gasteiger partial charge in [0.15, 0.2) is 0 Å². The summed E-state index contributed by atoms with van der Waals surface area (Å²) in [5.41, 5.74) is 3.67. The number of aromatic nitrogens is 1. The molecule has 2 bridgehead atoms. The van der Waals surface area contributed by atoms with Crippen LogP contribution in [-0.2, 0) is 20.8 Å². The largest absolute Gasteiger partial charge is 0.466 e. The Bertz CT molecular complexity index is 1430. The van der Waals surface area contributed by atoms with E-state index in [0.717, 1.165) is 36.9 Å². The molecule has 0 radical (unpaired) electrons. The van der Waals surface area contributed by atoms with Crippen molar-refractivity contribution >= 4 is 29.3 Å². The fourth-order valence-corrected chi connectivity index (χ4v) is 5.79. The predicted octanol–water partition coefficient (Wildman–Crippen LogP) is 6.11. The molecule has 0 saturated heterocycles. The molecule has 1 unspecified atom stereocenters. The van der Waals surface area contributed by atoms with Crippen molar-refractivity contribution in [1.29, 1.82) is 0 Å². The van der Waals surface area contributed by atoms with E-state index in [4.69, 9.17) is 1.37 Å². The number of rotatable bonds is 8. The van der Waals surface area contributed by atoms with Crippen molar-refractivity contribution in [2.45, 2.75) is 32.2 Å². The monoisotopic (exact) mass is 528 g/mol. The van der Waals surface area contributed by atoms with Gasteiger partial charge in [0, 0.05) is 43.5 Å². The molecule has 0 aliphatic heterocycles. The number of anilines is 2. The zero-order chi connectivity index (χ0) is 28.4. The first kappa shape index (κ1) is 25.3. The standard InChI is InChI=1S/C32H34FN3O3/c1-35(2)27-11-9-23(10-12-27)24-7-8-26(30(33)17-24)20-36(32(38)29-16-21-4-6-25(29)14-21)28-15-22(18-34-19-28)5-13-31(37)39-3/h5,7-13,15,17-19,21,25,29H,4,6,14,16,20H2,1-3H3/b13-5+/t21-,25+,29-/m1/s1/i20D/t20?,21-,25+,29-. The first-order chi connectivity index (χ1) is 19.2. The second-order valence-corrected chi connectivity index (χ2v) is 10.6. The van der Waals surface area contributed by atoms with Gasteiger partial charge < -0.3 is 14.5 Å². The zero-order valence-corrected chi connectivity index (χ0v) is 22.5. The number of carbonyl (C=O) groups excluding carboxylic acids is 2. The number of benzene rings is 2. The normalized spacial score (nSPS) is 21.0. The molecule has 4 atom stereocenters. The number of halogens is 1. The molecule has 3 aromatic rings. The van der Waals surface area contributed by atoms with Gasteiger partial charge in [-0.3, -0.25) is 9.78 Å². The molecule has 2 saturated carbocycles. The molecule has 0 N–H and O–H groups in total. The fraction of sp³-hybridized carbons (Fsp3) is 0.344. The number of amides is 1. The maximum Gasteiger partial charge on any atom is 0.330 e. The number of carbonyl (C=O) groups is 2.